The molecule has 0 radical (unpaired) electrons. The fourth-order valence-electron chi connectivity index (χ4n) is 6.10. The zero-order chi connectivity index (χ0) is 36.8. The summed E-state index contributed by atoms with van der Waals surface area (Å²) in [7, 11) is 0. The van der Waals surface area contributed by atoms with Crippen LogP contribution < -0.4 is 5.32 Å². The van der Waals surface area contributed by atoms with Crippen molar-refractivity contribution in [3.8, 4) is 0 Å². The standard InChI is InChI=1S/C38H57ClN2O8/c1-8-11-12-13-14-15-16-17-18-19-24-48-33(44)26(4)49-34(45)27-20-21-28(39)29(25-27)40-32(43)30(31(42)37(5,6)7)41-35(46)38(22-9-2,23-10-3)36(41)47/h20-21,25-26,30H,8-19,22-24H2,1-7H3,(H,40,43). The number of hydrogen-bond acceptors (Lipinski definition) is 8. The molecule has 274 valence electrons. The van der Waals surface area contributed by atoms with Crippen molar-refractivity contribution in [3.05, 3.63) is 28.8 Å². The van der Waals surface area contributed by atoms with Gasteiger partial charge in [0.2, 0.25) is 11.8 Å². The molecule has 1 aromatic rings. The SMILES string of the molecule is CCCCCCCCCCCCOC(=O)C(C)OC(=O)c1ccc(Cl)c(NC(=O)C(C(=O)C(C)(C)C)N2C(=O)C(CCC)(CCC)C2=O)c1. The highest BCUT2D eigenvalue weighted by Crippen LogP contribution is 2.44. The Balaban J connectivity index is 2.02. The number of imide groups is 1. The van der Waals surface area contributed by atoms with Crippen molar-refractivity contribution in [1.82, 2.24) is 4.90 Å². The zero-order valence-electron chi connectivity index (χ0n) is 30.6. The van der Waals surface area contributed by atoms with E-state index in [4.69, 9.17) is 21.1 Å². The largest absolute Gasteiger partial charge is 0.463 e. The summed E-state index contributed by atoms with van der Waals surface area (Å²) >= 11 is 6.35. The van der Waals surface area contributed by atoms with Gasteiger partial charge in [-0.3, -0.25) is 24.1 Å². The number of ether oxygens (including phenoxy) is 2. The molecule has 0 saturated carbocycles. The van der Waals surface area contributed by atoms with Crippen LogP contribution in [0.2, 0.25) is 5.02 Å². The fraction of sp³-hybridized carbons (Fsp3) is 0.684. The first-order valence-electron chi connectivity index (χ1n) is 18.1. The van der Waals surface area contributed by atoms with E-state index in [9.17, 15) is 28.8 Å². The second-order valence-corrected chi connectivity index (χ2v) is 14.6. The Morgan fingerprint density at radius 2 is 1.37 bits per heavy atom. The van der Waals surface area contributed by atoms with Crippen LogP contribution in [0.15, 0.2) is 18.2 Å². The van der Waals surface area contributed by atoms with Crippen molar-refractivity contribution in [2.24, 2.45) is 10.8 Å². The van der Waals surface area contributed by atoms with E-state index in [1.807, 2.05) is 13.8 Å². The Bertz CT molecular complexity index is 1300. The smallest absolute Gasteiger partial charge is 0.347 e. The Kier molecular flexibility index (Phi) is 16.9. The van der Waals surface area contributed by atoms with Crippen molar-refractivity contribution >= 4 is 52.7 Å². The average molecular weight is 705 g/mol. The summed E-state index contributed by atoms with van der Waals surface area (Å²) in [5, 5.41) is 2.59. The third kappa shape index (κ3) is 11.4. The molecule has 1 N–H and O–H groups in total. The van der Waals surface area contributed by atoms with Crippen LogP contribution in [0.3, 0.4) is 0 Å². The normalized spacial score (nSPS) is 15.3. The van der Waals surface area contributed by atoms with E-state index in [2.05, 4.69) is 12.2 Å². The number of amides is 3. The number of β-lactam (4-membered cyclic amide) rings is 2. The first-order valence-corrected chi connectivity index (χ1v) is 18.4. The van der Waals surface area contributed by atoms with Crippen LogP contribution in [-0.2, 0) is 33.4 Å². The molecule has 1 aliphatic heterocycles. The molecule has 49 heavy (non-hydrogen) atoms. The topological polar surface area (TPSA) is 136 Å². The van der Waals surface area contributed by atoms with Crippen LogP contribution in [0.5, 0.6) is 0 Å². The van der Waals surface area contributed by atoms with E-state index in [1.54, 1.807) is 20.8 Å². The summed E-state index contributed by atoms with van der Waals surface area (Å²) < 4.78 is 10.6. The lowest BCUT2D eigenvalue weighted by Gasteiger charge is -2.49. The molecule has 11 heteroatoms. The number of halogens is 1. The molecule has 1 saturated heterocycles. The summed E-state index contributed by atoms with van der Waals surface area (Å²) in [6.45, 7) is 12.4. The van der Waals surface area contributed by atoms with Gasteiger partial charge in [-0.05, 0) is 44.4 Å². The molecule has 3 amide bonds. The number of carbonyl (C=O) groups excluding carboxylic acids is 6. The Morgan fingerprint density at radius 1 is 0.837 bits per heavy atom. The molecule has 0 aliphatic carbocycles. The number of ketones is 1. The third-order valence-corrected chi connectivity index (χ3v) is 9.25. The summed E-state index contributed by atoms with van der Waals surface area (Å²) in [4.78, 5) is 80.4. The fourth-order valence-corrected chi connectivity index (χ4v) is 6.27. The van der Waals surface area contributed by atoms with Crippen molar-refractivity contribution < 1.29 is 38.2 Å². The van der Waals surface area contributed by atoms with Gasteiger partial charge in [-0.25, -0.2) is 9.59 Å². The minimum absolute atomic E-state index is 0.0197. The predicted molar refractivity (Wildman–Crippen MR) is 190 cm³/mol. The van der Waals surface area contributed by atoms with E-state index in [0.29, 0.717) is 25.7 Å². The molecular formula is C38H57ClN2O8. The first kappa shape index (κ1) is 41.9. The Morgan fingerprint density at radius 3 is 1.88 bits per heavy atom. The van der Waals surface area contributed by atoms with Gasteiger partial charge < -0.3 is 14.8 Å². The molecular weight excluding hydrogens is 648 g/mol. The number of rotatable bonds is 22. The zero-order valence-corrected chi connectivity index (χ0v) is 31.3. The molecule has 2 atom stereocenters. The van der Waals surface area contributed by atoms with E-state index in [-0.39, 0.29) is 22.9 Å². The van der Waals surface area contributed by atoms with Crippen molar-refractivity contribution in [2.45, 2.75) is 151 Å². The van der Waals surface area contributed by atoms with Crippen LogP contribution >= 0.6 is 11.6 Å². The van der Waals surface area contributed by atoms with E-state index < -0.39 is 58.4 Å². The van der Waals surface area contributed by atoms with Gasteiger partial charge in [0, 0.05) is 5.41 Å². The lowest BCUT2D eigenvalue weighted by Crippen LogP contribution is -2.72. The lowest BCUT2D eigenvalue weighted by molar-refractivity contribution is -0.185. The average Bonchev–Trinajstić information content (AvgIpc) is 3.05. The minimum atomic E-state index is -1.72. The maximum atomic E-state index is 13.7. The van der Waals surface area contributed by atoms with E-state index >= 15 is 0 Å². The van der Waals surface area contributed by atoms with Crippen molar-refractivity contribution in [3.63, 3.8) is 0 Å². The van der Waals surface area contributed by atoms with Gasteiger partial charge in [0.1, 0.15) is 5.41 Å². The Labute approximate surface area is 297 Å². The summed E-state index contributed by atoms with van der Waals surface area (Å²) in [6, 6.07) is 2.25. The number of benzene rings is 1. The van der Waals surface area contributed by atoms with Crippen molar-refractivity contribution in [1.29, 1.82) is 0 Å². The number of esters is 2. The number of likely N-dealkylation sites (tertiary alicyclic amines) is 1. The number of nitrogens with one attached hydrogen (secondary N) is 1. The van der Waals surface area contributed by atoms with E-state index in [0.717, 1.165) is 30.6 Å². The number of hydrogen-bond donors (Lipinski definition) is 1. The molecule has 0 aromatic heterocycles. The highest BCUT2D eigenvalue weighted by atomic mass is 35.5. The van der Waals surface area contributed by atoms with Gasteiger partial charge >= 0.3 is 11.9 Å². The summed E-state index contributed by atoms with van der Waals surface area (Å²) in [5.74, 6) is -4.16. The van der Waals surface area contributed by atoms with Gasteiger partial charge in [-0.15, -0.1) is 0 Å². The van der Waals surface area contributed by atoms with Crippen LogP contribution in [0.25, 0.3) is 0 Å². The lowest BCUT2D eigenvalue weighted by atomic mass is 9.69. The molecule has 1 heterocycles. The van der Waals surface area contributed by atoms with E-state index in [1.165, 1.54) is 63.6 Å². The quantitative estimate of drug-likeness (QED) is 0.0552. The molecule has 0 spiro atoms. The maximum Gasteiger partial charge on any atom is 0.347 e. The highest BCUT2D eigenvalue weighted by Gasteiger charge is 2.64. The maximum absolute atomic E-state index is 13.7. The molecule has 0 bridgehead atoms. The molecule has 1 aromatic carbocycles. The van der Waals surface area contributed by atoms with Crippen LogP contribution in [0.1, 0.15) is 149 Å². The first-order chi connectivity index (χ1) is 23.2. The number of nitrogens with zero attached hydrogens (tertiary/aromatic N) is 1. The van der Waals surface area contributed by atoms with Crippen LogP contribution in [0.4, 0.5) is 5.69 Å². The van der Waals surface area contributed by atoms with Gasteiger partial charge in [-0.2, -0.15) is 0 Å². The molecule has 1 aliphatic rings. The highest BCUT2D eigenvalue weighted by molar-refractivity contribution is 6.34. The Hall–Kier alpha value is -3.27. The molecule has 2 unspecified atom stereocenters. The molecule has 2 rings (SSSR count). The second-order valence-electron chi connectivity index (χ2n) is 14.2. The van der Waals surface area contributed by atoms with Crippen molar-refractivity contribution in [2.75, 3.05) is 11.9 Å². The van der Waals surface area contributed by atoms with Crippen LogP contribution in [0, 0.1) is 10.8 Å². The van der Waals surface area contributed by atoms with Gasteiger partial charge in [0.25, 0.3) is 5.91 Å². The number of unbranched alkanes of at least 4 members (excludes halogenated alkanes) is 9. The second kappa shape index (κ2) is 19.8. The summed E-state index contributed by atoms with van der Waals surface area (Å²) in [6.07, 6.45) is 12.2. The third-order valence-electron chi connectivity index (χ3n) is 8.92. The van der Waals surface area contributed by atoms with Gasteiger partial charge in [0.15, 0.2) is 17.9 Å². The molecule has 1 fully saturated rings. The monoisotopic (exact) mass is 704 g/mol. The minimum Gasteiger partial charge on any atom is -0.463 e. The number of Topliss-reactive ketones (excluding diaryl/α,β-unsaturated/α-hetero) is 1. The summed E-state index contributed by atoms with van der Waals surface area (Å²) in [5.41, 5.74) is -2.36. The molecule has 10 nitrogen and oxygen atoms in total. The predicted octanol–water partition coefficient (Wildman–Crippen LogP) is 8.23. The number of anilines is 1. The van der Waals surface area contributed by atoms with Gasteiger partial charge in [0.05, 0.1) is 22.9 Å². The van der Waals surface area contributed by atoms with Gasteiger partial charge in [-0.1, -0.05) is 124 Å². The number of carbonyl (C=O) groups is 6. The van der Waals surface area contributed by atoms with Crippen LogP contribution in [-0.4, -0.2) is 59.1 Å².